The highest BCUT2D eigenvalue weighted by Crippen LogP contribution is 2.17. The molecule has 0 atom stereocenters. The minimum absolute atomic E-state index is 0.330. The zero-order chi connectivity index (χ0) is 12.1. The molecule has 0 aliphatic heterocycles. The summed E-state index contributed by atoms with van der Waals surface area (Å²) in [5.41, 5.74) is 1.52. The Balaban J connectivity index is 3.02. The molecule has 1 aromatic carbocycles. The van der Waals surface area contributed by atoms with E-state index in [1.165, 1.54) is 12.1 Å². The van der Waals surface area contributed by atoms with Crippen LogP contribution in [-0.4, -0.2) is 13.6 Å². The molecule has 0 fully saturated rings. The molecule has 0 saturated carbocycles. The molecule has 0 unspecified atom stereocenters. The molecular weight excluding hydrogens is 208 g/mol. The summed E-state index contributed by atoms with van der Waals surface area (Å²) in [5, 5.41) is 3.04. The zero-order valence-electron chi connectivity index (χ0n) is 9.85. The first-order valence-corrected chi connectivity index (χ1v) is 5.34. The molecule has 0 amide bonds. The number of rotatable bonds is 4. The highest BCUT2D eigenvalue weighted by Gasteiger charge is 2.06. The van der Waals surface area contributed by atoms with Crippen LogP contribution in [0.4, 0.5) is 8.78 Å². The molecule has 1 nitrogen and oxygen atoms in total. The molecule has 0 spiro atoms. The number of hydrogen-bond donors (Lipinski definition) is 1. The summed E-state index contributed by atoms with van der Waals surface area (Å²) in [6, 6.07) is 3.64. The predicted molar refractivity (Wildman–Crippen MR) is 63.1 cm³/mol. The lowest BCUT2D eigenvalue weighted by Gasteiger charge is -2.11. The summed E-state index contributed by atoms with van der Waals surface area (Å²) in [6.45, 7) is 4.80. The van der Waals surface area contributed by atoms with Crippen molar-refractivity contribution >= 4 is 6.08 Å². The van der Waals surface area contributed by atoms with E-state index in [-0.39, 0.29) is 0 Å². The standard InChI is InChI=1S/C13H17F2N/c1-9(2)11(8-16-3)6-10-4-5-12(14)7-13(10)15/h4-7,9,16H,8H2,1-3H3. The number of likely N-dealkylation sites (N-methyl/N-ethyl adjacent to an activating group) is 1. The Morgan fingerprint density at radius 2 is 2.06 bits per heavy atom. The average molecular weight is 225 g/mol. The molecule has 88 valence electrons. The van der Waals surface area contributed by atoms with Gasteiger partial charge >= 0.3 is 0 Å². The Labute approximate surface area is 95.2 Å². The lowest BCUT2D eigenvalue weighted by Crippen LogP contribution is -2.14. The lowest BCUT2D eigenvalue weighted by atomic mass is 10.00. The van der Waals surface area contributed by atoms with E-state index in [1.807, 2.05) is 20.9 Å². The van der Waals surface area contributed by atoms with Crippen LogP contribution >= 0.6 is 0 Å². The smallest absolute Gasteiger partial charge is 0.133 e. The van der Waals surface area contributed by atoms with Crippen molar-refractivity contribution in [2.75, 3.05) is 13.6 Å². The zero-order valence-corrected chi connectivity index (χ0v) is 9.85. The Bertz CT molecular complexity index is 384. The molecule has 0 heterocycles. The van der Waals surface area contributed by atoms with Crippen molar-refractivity contribution in [1.82, 2.24) is 5.32 Å². The van der Waals surface area contributed by atoms with Gasteiger partial charge < -0.3 is 5.32 Å². The van der Waals surface area contributed by atoms with Crippen LogP contribution in [0.15, 0.2) is 23.8 Å². The minimum atomic E-state index is -0.547. The Morgan fingerprint density at radius 1 is 1.38 bits per heavy atom. The number of nitrogens with one attached hydrogen (secondary N) is 1. The van der Waals surface area contributed by atoms with Crippen LogP contribution in [0, 0.1) is 17.6 Å². The fourth-order valence-electron chi connectivity index (χ4n) is 1.44. The third-order valence-corrected chi connectivity index (χ3v) is 2.43. The fraction of sp³-hybridized carbons (Fsp3) is 0.385. The third kappa shape index (κ3) is 3.42. The second-order valence-corrected chi connectivity index (χ2v) is 4.07. The summed E-state index contributed by atoms with van der Waals surface area (Å²) in [7, 11) is 1.84. The number of hydrogen-bond acceptors (Lipinski definition) is 1. The lowest BCUT2D eigenvalue weighted by molar-refractivity contribution is 0.581. The van der Waals surface area contributed by atoms with Crippen LogP contribution in [0.25, 0.3) is 6.08 Å². The van der Waals surface area contributed by atoms with E-state index < -0.39 is 11.6 Å². The van der Waals surface area contributed by atoms with Gasteiger partial charge in [-0.25, -0.2) is 8.78 Å². The van der Waals surface area contributed by atoms with Crippen LogP contribution in [0.2, 0.25) is 0 Å². The maximum Gasteiger partial charge on any atom is 0.133 e. The summed E-state index contributed by atoms with van der Waals surface area (Å²) >= 11 is 0. The Hall–Kier alpha value is -1.22. The molecule has 0 bridgehead atoms. The van der Waals surface area contributed by atoms with Crippen LogP contribution in [0.1, 0.15) is 19.4 Å². The van der Waals surface area contributed by atoms with Gasteiger partial charge in [-0.1, -0.05) is 25.5 Å². The summed E-state index contributed by atoms with van der Waals surface area (Å²) in [5.74, 6) is -0.736. The Morgan fingerprint density at radius 3 is 2.56 bits per heavy atom. The van der Waals surface area contributed by atoms with Crippen LogP contribution < -0.4 is 5.32 Å². The van der Waals surface area contributed by atoms with Gasteiger partial charge in [-0.15, -0.1) is 0 Å². The van der Waals surface area contributed by atoms with Gasteiger partial charge in [-0.05, 0) is 25.1 Å². The van der Waals surface area contributed by atoms with Gasteiger partial charge in [0.15, 0.2) is 0 Å². The van der Waals surface area contributed by atoms with Crippen molar-refractivity contribution in [1.29, 1.82) is 0 Å². The molecule has 1 N–H and O–H groups in total. The van der Waals surface area contributed by atoms with E-state index in [4.69, 9.17) is 0 Å². The largest absolute Gasteiger partial charge is 0.316 e. The third-order valence-electron chi connectivity index (χ3n) is 2.43. The number of halogens is 2. The molecule has 0 saturated heterocycles. The van der Waals surface area contributed by atoms with Gasteiger partial charge in [0.25, 0.3) is 0 Å². The van der Waals surface area contributed by atoms with Crippen molar-refractivity contribution in [2.24, 2.45) is 5.92 Å². The van der Waals surface area contributed by atoms with Gasteiger partial charge in [0.2, 0.25) is 0 Å². The van der Waals surface area contributed by atoms with Gasteiger partial charge in [0.1, 0.15) is 11.6 Å². The number of benzene rings is 1. The van der Waals surface area contributed by atoms with E-state index in [1.54, 1.807) is 6.08 Å². The quantitative estimate of drug-likeness (QED) is 0.829. The topological polar surface area (TPSA) is 12.0 Å². The predicted octanol–water partition coefficient (Wildman–Crippen LogP) is 3.22. The van der Waals surface area contributed by atoms with E-state index in [2.05, 4.69) is 5.32 Å². The monoisotopic (exact) mass is 225 g/mol. The molecular formula is C13H17F2N. The second-order valence-electron chi connectivity index (χ2n) is 4.07. The molecule has 3 heteroatoms. The van der Waals surface area contributed by atoms with Crippen LogP contribution in [0.5, 0.6) is 0 Å². The van der Waals surface area contributed by atoms with Crippen molar-refractivity contribution in [3.8, 4) is 0 Å². The van der Waals surface area contributed by atoms with Gasteiger partial charge in [-0.3, -0.25) is 0 Å². The van der Waals surface area contributed by atoms with Gasteiger partial charge in [-0.2, -0.15) is 0 Å². The molecule has 1 aromatic rings. The van der Waals surface area contributed by atoms with Crippen molar-refractivity contribution < 1.29 is 8.78 Å². The van der Waals surface area contributed by atoms with Crippen molar-refractivity contribution in [3.05, 3.63) is 41.0 Å². The van der Waals surface area contributed by atoms with Crippen LogP contribution in [0.3, 0.4) is 0 Å². The summed E-state index contributed by atoms with van der Waals surface area (Å²) in [4.78, 5) is 0. The first-order chi connectivity index (χ1) is 7.54. The second kappa shape index (κ2) is 5.75. The molecule has 0 aromatic heterocycles. The highest BCUT2D eigenvalue weighted by atomic mass is 19.1. The summed E-state index contributed by atoms with van der Waals surface area (Å²) in [6.07, 6.45) is 1.77. The molecule has 1 rings (SSSR count). The van der Waals surface area contributed by atoms with Crippen LogP contribution in [-0.2, 0) is 0 Å². The van der Waals surface area contributed by atoms with E-state index in [9.17, 15) is 8.78 Å². The Kier molecular flexibility index (Phi) is 4.62. The van der Waals surface area contributed by atoms with E-state index in [0.29, 0.717) is 18.0 Å². The van der Waals surface area contributed by atoms with Crippen molar-refractivity contribution in [3.63, 3.8) is 0 Å². The molecule has 0 aliphatic rings. The maximum atomic E-state index is 13.4. The van der Waals surface area contributed by atoms with E-state index >= 15 is 0 Å². The fourth-order valence-corrected chi connectivity index (χ4v) is 1.44. The van der Waals surface area contributed by atoms with Crippen molar-refractivity contribution in [2.45, 2.75) is 13.8 Å². The first kappa shape index (κ1) is 12.8. The maximum absolute atomic E-state index is 13.4. The molecule has 0 radical (unpaired) electrons. The SMILES string of the molecule is CNCC(=Cc1ccc(F)cc1F)C(C)C. The molecule has 16 heavy (non-hydrogen) atoms. The van der Waals surface area contributed by atoms with Gasteiger partial charge in [0.05, 0.1) is 0 Å². The summed E-state index contributed by atoms with van der Waals surface area (Å²) < 4.78 is 26.1. The highest BCUT2D eigenvalue weighted by molar-refractivity contribution is 5.54. The minimum Gasteiger partial charge on any atom is -0.316 e. The average Bonchev–Trinajstić information content (AvgIpc) is 2.20. The first-order valence-electron chi connectivity index (χ1n) is 5.34. The van der Waals surface area contributed by atoms with Gasteiger partial charge in [0, 0.05) is 18.2 Å². The normalized spacial score (nSPS) is 12.2. The molecule has 0 aliphatic carbocycles. The van der Waals surface area contributed by atoms with E-state index in [0.717, 1.165) is 11.6 Å².